The Morgan fingerprint density at radius 1 is 1.22 bits per heavy atom. The van der Waals surface area contributed by atoms with Gasteiger partial charge < -0.3 is 15.4 Å². The maximum absolute atomic E-state index is 5.70. The predicted octanol–water partition coefficient (Wildman–Crippen LogP) is 3.95. The summed E-state index contributed by atoms with van der Waals surface area (Å²) in [6, 6.07) is 8.86. The molecule has 23 heavy (non-hydrogen) atoms. The summed E-state index contributed by atoms with van der Waals surface area (Å²) in [5, 5.41) is 6.87. The minimum atomic E-state index is 0. The van der Waals surface area contributed by atoms with Crippen LogP contribution in [0.3, 0.4) is 0 Å². The Labute approximate surface area is 157 Å². The summed E-state index contributed by atoms with van der Waals surface area (Å²) in [6.45, 7) is 5.84. The maximum atomic E-state index is 5.70. The number of nitrogens with zero attached hydrogens (tertiary/aromatic N) is 1. The first-order chi connectivity index (χ1) is 10.7. The van der Waals surface area contributed by atoms with Gasteiger partial charge in [-0.2, -0.15) is 0 Å². The van der Waals surface area contributed by atoms with E-state index in [4.69, 9.17) is 4.74 Å². The van der Waals surface area contributed by atoms with Gasteiger partial charge in [-0.15, -0.1) is 24.0 Å². The van der Waals surface area contributed by atoms with Crippen molar-refractivity contribution in [1.82, 2.24) is 10.6 Å². The van der Waals surface area contributed by atoms with E-state index in [2.05, 4.69) is 41.6 Å². The molecule has 130 valence electrons. The Morgan fingerprint density at radius 3 is 2.43 bits per heavy atom. The fourth-order valence-corrected chi connectivity index (χ4v) is 2.61. The van der Waals surface area contributed by atoms with Gasteiger partial charge in [-0.1, -0.05) is 38.8 Å². The first-order valence-electron chi connectivity index (χ1n) is 8.36. The van der Waals surface area contributed by atoms with Gasteiger partial charge in [0.25, 0.3) is 0 Å². The van der Waals surface area contributed by atoms with Crippen LogP contribution >= 0.6 is 24.0 Å². The highest BCUT2D eigenvalue weighted by atomic mass is 127. The Kier molecular flexibility index (Phi) is 9.36. The fraction of sp³-hybridized carbons (Fsp3) is 0.611. The molecule has 1 fully saturated rings. The molecule has 0 bridgehead atoms. The van der Waals surface area contributed by atoms with Crippen molar-refractivity contribution in [3.8, 4) is 5.75 Å². The summed E-state index contributed by atoms with van der Waals surface area (Å²) in [5.41, 5.74) is 1.23. The van der Waals surface area contributed by atoms with Crippen LogP contribution in [0.25, 0.3) is 0 Å². The molecular weight excluding hydrogens is 401 g/mol. The monoisotopic (exact) mass is 431 g/mol. The van der Waals surface area contributed by atoms with Crippen LogP contribution in [-0.2, 0) is 6.54 Å². The highest BCUT2D eigenvalue weighted by Gasteiger charge is 2.15. The maximum Gasteiger partial charge on any atom is 0.191 e. The number of hydrogen-bond donors (Lipinski definition) is 2. The summed E-state index contributed by atoms with van der Waals surface area (Å²) < 4.78 is 5.70. The number of aliphatic imine (C=N–C) groups is 1. The molecule has 1 aliphatic carbocycles. The molecule has 1 aromatic carbocycles. The Hall–Kier alpha value is -0.980. The Bertz CT molecular complexity index is 468. The summed E-state index contributed by atoms with van der Waals surface area (Å²) >= 11 is 0. The average molecular weight is 431 g/mol. The van der Waals surface area contributed by atoms with Crippen LogP contribution in [0.15, 0.2) is 29.3 Å². The lowest BCUT2D eigenvalue weighted by Gasteiger charge is -2.17. The van der Waals surface area contributed by atoms with Crippen molar-refractivity contribution in [1.29, 1.82) is 0 Å². The van der Waals surface area contributed by atoms with Crippen LogP contribution in [-0.4, -0.2) is 25.7 Å². The van der Waals surface area contributed by atoms with Crippen LogP contribution in [0, 0.1) is 5.92 Å². The normalized spacial score (nSPS) is 15.4. The van der Waals surface area contributed by atoms with E-state index >= 15 is 0 Å². The number of halogens is 1. The molecule has 5 heteroatoms. The van der Waals surface area contributed by atoms with E-state index in [0.717, 1.165) is 24.9 Å². The fourth-order valence-electron chi connectivity index (χ4n) is 2.61. The van der Waals surface area contributed by atoms with Crippen molar-refractivity contribution >= 4 is 29.9 Å². The number of hydrogen-bond acceptors (Lipinski definition) is 2. The van der Waals surface area contributed by atoms with E-state index in [1.54, 1.807) is 0 Å². The van der Waals surface area contributed by atoms with Gasteiger partial charge in [0.2, 0.25) is 0 Å². The number of rotatable bonds is 6. The smallest absolute Gasteiger partial charge is 0.191 e. The summed E-state index contributed by atoms with van der Waals surface area (Å²) in [5.74, 6) is 2.38. The van der Waals surface area contributed by atoms with Gasteiger partial charge in [-0.3, -0.25) is 4.99 Å². The molecule has 1 aromatic rings. The lowest BCUT2D eigenvalue weighted by molar-refractivity contribution is 0.271. The molecule has 0 saturated heterocycles. The van der Waals surface area contributed by atoms with Crippen LogP contribution in [0.2, 0.25) is 0 Å². The van der Waals surface area contributed by atoms with Gasteiger partial charge >= 0.3 is 0 Å². The SMILES string of the molecule is CN=C(NCc1ccc(OCC(C)C)cc1)NC1CCCC1.I. The first kappa shape index (κ1) is 20.1. The molecule has 0 heterocycles. The minimum Gasteiger partial charge on any atom is -0.493 e. The topological polar surface area (TPSA) is 45.7 Å². The van der Waals surface area contributed by atoms with Crippen molar-refractivity contribution in [3.05, 3.63) is 29.8 Å². The van der Waals surface area contributed by atoms with Gasteiger partial charge in [-0.25, -0.2) is 0 Å². The highest BCUT2D eigenvalue weighted by Crippen LogP contribution is 2.17. The summed E-state index contributed by atoms with van der Waals surface area (Å²) in [6.07, 6.45) is 5.16. The molecule has 0 radical (unpaired) electrons. The van der Waals surface area contributed by atoms with Crippen LogP contribution in [0.4, 0.5) is 0 Å². The molecule has 0 atom stereocenters. The molecule has 2 rings (SSSR count). The second-order valence-corrected chi connectivity index (χ2v) is 6.40. The molecule has 1 saturated carbocycles. The number of benzene rings is 1. The second-order valence-electron chi connectivity index (χ2n) is 6.40. The molecule has 1 aliphatic rings. The molecule has 0 aliphatic heterocycles. The lowest BCUT2D eigenvalue weighted by Crippen LogP contribution is -2.41. The summed E-state index contributed by atoms with van der Waals surface area (Å²) in [7, 11) is 1.83. The van der Waals surface area contributed by atoms with Gasteiger partial charge in [0, 0.05) is 19.6 Å². The van der Waals surface area contributed by atoms with Crippen molar-refractivity contribution in [2.45, 2.75) is 52.1 Å². The number of guanidine groups is 1. The van der Waals surface area contributed by atoms with Crippen molar-refractivity contribution < 1.29 is 4.74 Å². The third-order valence-corrected chi connectivity index (χ3v) is 3.89. The van der Waals surface area contributed by atoms with E-state index in [-0.39, 0.29) is 24.0 Å². The van der Waals surface area contributed by atoms with Crippen LogP contribution < -0.4 is 15.4 Å². The van der Waals surface area contributed by atoms with Gasteiger partial charge in [0.1, 0.15) is 5.75 Å². The Morgan fingerprint density at radius 2 is 1.87 bits per heavy atom. The molecule has 0 spiro atoms. The number of nitrogens with one attached hydrogen (secondary N) is 2. The molecule has 0 aromatic heterocycles. The lowest BCUT2D eigenvalue weighted by atomic mass is 10.2. The average Bonchev–Trinajstić information content (AvgIpc) is 3.03. The van der Waals surface area contributed by atoms with E-state index in [1.807, 2.05) is 19.2 Å². The standard InChI is InChI=1S/C18H29N3O.HI/c1-14(2)13-22-17-10-8-15(9-11-17)12-20-18(19-3)21-16-6-4-5-7-16;/h8-11,14,16H,4-7,12-13H2,1-3H3,(H2,19,20,21);1H. The largest absolute Gasteiger partial charge is 0.493 e. The molecule has 4 nitrogen and oxygen atoms in total. The van der Waals surface area contributed by atoms with Crippen LogP contribution in [0.5, 0.6) is 5.75 Å². The third-order valence-electron chi connectivity index (χ3n) is 3.89. The van der Waals surface area contributed by atoms with Crippen molar-refractivity contribution in [2.24, 2.45) is 10.9 Å². The molecule has 0 amide bonds. The first-order valence-corrected chi connectivity index (χ1v) is 8.36. The zero-order valence-electron chi connectivity index (χ0n) is 14.5. The highest BCUT2D eigenvalue weighted by molar-refractivity contribution is 14.0. The minimum absolute atomic E-state index is 0. The zero-order valence-corrected chi connectivity index (χ0v) is 16.8. The summed E-state index contributed by atoms with van der Waals surface area (Å²) in [4.78, 5) is 4.30. The molecule has 0 unspecified atom stereocenters. The van der Waals surface area contributed by atoms with Gasteiger partial charge in [-0.05, 0) is 36.5 Å². The van der Waals surface area contributed by atoms with Crippen molar-refractivity contribution in [2.75, 3.05) is 13.7 Å². The van der Waals surface area contributed by atoms with Gasteiger partial charge in [0.15, 0.2) is 5.96 Å². The van der Waals surface area contributed by atoms with E-state index in [0.29, 0.717) is 12.0 Å². The Balaban J connectivity index is 0.00000264. The molecular formula is C18H30IN3O. The van der Waals surface area contributed by atoms with E-state index in [9.17, 15) is 0 Å². The quantitative estimate of drug-likeness (QED) is 0.408. The van der Waals surface area contributed by atoms with E-state index < -0.39 is 0 Å². The zero-order chi connectivity index (χ0) is 15.8. The molecule has 2 N–H and O–H groups in total. The number of ether oxygens (including phenoxy) is 1. The van der Waals surface area contributed by atoms with Gasteiger partial charge in [0.05, 0.1) is 6.61 Å². The van der Waals surface area contributed by atoms with E-state index in [1.165, 1.54) is 31.2 Å². The third kappa shape index (κ3) is 7.42. The van der Waals surface area contributed by atoms with Crippen LogP contribution in [0.1, 0.15) is 45.1 Å². The van der Waals surface area contributed by atoms with Crippen molar-refractivity contribution in [3.63, 3.8) is 0 Å². The predicted molar refractivity (Wildman–Crippen MR) is 108 cm³/mol. The second kappa shape index (κ2) is 10.7.